The van der Waals surface area contributed by atoms with Crippen LogP contribution < -0.4 is 32.3 Å². The van der Waals surface area contributed by atoms with Gasteiger partial charge in [0, 0.05) is 31.2 Å². The Balaban J connectivity index is 0.000000804. The zero-order chi connectivity index (χ0) is 35.1. The molecular weight excluding hydrogens is 616 g/mol. The number of ether oxygens (including phenoxy) is 1. The first kappa shape index (κ1) is 37.0. The molecule has 0 radical (unpaired) electrons. The fraction of sp³-hybridized carbons (Fsp3) is 0.343. The molecule has 13 heteroatoms. The van der Waals surface area contributed by atoms with E-state index < -0.39 is 30.0 Å². The first-order chi connectivity index (χ1) is 23.0. The molecule has 256 valence electrons. The van der Waals surface area contributed by atoms with E-state index in [1.165, 1.54) is 24.3 Å². The average molecular weight is 661 g/mol. The number of hydrogen-bond acceptors (Lipinski definition) is 7. The quantitative estimate of drug-likeness (QED) is 0.127. The maximum absolute atomic E-state index is 12.7. The highest BCUT2D eigenvalue weighted by atomic mass is 16.5. The van der Waals surface area contributed by atoms with Gasteiger partial charge in [-0.1, -0.05) is 69.3 Å². The van der Waals surface area contributed by atoms with E-state index in [0.29, 0.717) is 18.8 Å². The number of nitrogens with two attached hydrogens (primary N) is 1. The van der Waals surface area contributed by atoms with E-state index in [2.05, 4.69) is 50.8 Å². The van der Waals surface area contributed by atoms with Crippen LogP contribution in [0.5, 0.6) is 0 Å². The SMILES string of the molecule is CC(C)C(NCCNC(=O)OCC1c2ccccc2-c2ccccc21)C(=O)NCC(=O)Nc1ccc(C(=O)O)cc1.CCCNC(N)=O. The summed E-state index contributed by atoms with van der Waals surface area (Å²) in [6.45, 7) is 6.94. The van der Waals surface area contributed by atoms with Crippen molar-refractivity contribution in [3.63, 3.8) is 0 Å². The third-order valence-electron chi connectivity index (χ3n) is 7.44. The van der Waals surface area contributed by atoms with Gasteiger partial charge in [-0.25, -0.2) is 14.4 Å². The fourth-order valence-electron chi connectivity index (χ4n) is 5.10. The smallest absolute Gasteiger partial charge is 0.407 e. The summed E-state index contributed by atoms with van der Waals surface area (Å²) in [4.78, 5) is 58.2. The van der Waals surface area contributed by atoms with E-state index in [0.717, 1.165) is 28.7 Å². The highest BCUT2D eigenvalue weighted by Crippen LogP contribution is 2.44. The molecule has 0 bridgehead atoms. The van der Waals surface area contributed by atoms with Crippen molar-refractivity contribution in [3.05, 3.63) is 89.5 Å². The molecule has 13 nitrogen and oxygen atoms in total. The lowest BCUT2D eigenvalue weighted by Crippen LogP contribution is -2.50. The number of nitrogens with one attached hydrogen (secondary N) is 5. The average Bonchev–Trinajstić information content (AvgIpc) is 3.39. The van der Waals surface area contributed by atoms with Crippen LogP contribution >= 0.6 is 0 Å². The van der Waals surface area contributed by atoms with Crippen LogP contribution in [-0.4, -0.2) is 73.8 Å². The van der Waals surface area contributed by atoms with E-state index in [1.54, 1.807) is 0 Å². The Morgan fingerprint density at radius 1 is 0.812 bits per heavy atom. The van der Waals surface area contributed by atoms with Crippen molar-refractivity contribution in [2.45, 2.75) is 39.2 Å². The van der Waals surface area contributed by atoms with E-state index >= 15 is 0 Å². The zero-order valence-corrected chi connectivity index (χ0v) is 27.4. The van der Waals surface area contributed by atoms with Crippen LogP contribution in [-0.2, 0) is 14.3 Å². The minimum absolute atomic E-state index is 0.0263. The molecule has 5 amide bonds. The number of aromatic carboxylic acids is 1. The molecule has 1 unspecified atom stereocenters. The van der Waals surface area contributed by atoms with Crippen LogP contribution in [0.3, 0.4) is 0 Å². The molecule has 0 saturated heterocycles. The third-order valence-corrected chi connectivity index (χ3v) is 7.44. The van der Waals surface area contributed by atoms with Crippen molar-refractivity contribution in [3.8, 4) is 11.1 Å². The number of urea groups is 1. The van der Waals surface area contributed by atoms with E-state index in [9.17, 15) is 24.0 Å². The number of benzene rings is 3. The Morgan fingerprint density at radius 3 is 1.94 bits per heavy atom. The number of hydrogen-bond donors (Lipinski definition) is 7. The summed E-state index contributed by atoms with van der Waals surface area (Å²) in [5.41, 5.74) is 9.85. The van der Waals surface area contributed by atoms with Crippen LogP contribution in [0, 0.1) is 5.92 Å². The van der Waals surface area contributed by atoms with Gasteiger partial charge in [-0.05, 0) is 58.9 Å². The number of carbonyl (C=O) groups excluding carboxylic acids is 4. The summed E-state index contributed by atoms with van der Waals surface area (Å²) in [5, 5.41) is 22.5. The normalized spacial score (nSPS) is 12.0. The molecule has 1 atom stereocenters. The van der Waals surface area contributed by atoms with Crippen molar-refractivity contribution in [2.75, 3.05) is 38.1 Å². The minimum Gasteiger partial charge on any atom is -0.478 e. The van der Waals surface area contributed by atoms with E-state index in [1.807, 2.05) is 45.0 Å². The van der Waals surface area contributed by atoms with Crippen molar-refractivity contribution in [1.29, 1.82) is 0 Å². The number of carboxylic acids is 1. The second kappa shape index (κ2) is 18.6. The molecule has 0 spiro atoms. The molecule has 0 saturated carbocycles. The predicted molar refractivity (Wildman–Crippen MR) is 183 cm³/mol. The van der Waals surface area contributed by atoms with Gasteiger partial charge in [0.1, 0.15) is 6.61 Å². The molecule has 3 aromatic carbocycles. The first-order valence-electron chi connectivity index (χ1n) is 15.8. The minimum atomic E-state index is -1.06. The monoisotopic (exact) mass is 660 g/mol. The van der Waals surface area contributed by atoms with Gasteiger partial charge in [0.15, 0.2) is 0 Å². The van der Waals surface area contributed by atoms with Gasteiger partial charge < -0.3 is 42.2 Å². The summed E-state index contributed by atoms with van der Waals surface area (Å²) in [5.74, 6) is -1.95. The number of rotatable bonds is 14. The van der Waals surface area contributed by atoms with E-state index in [4.69, 9.17) is 15.6 Å². The number of alkyl carbamates (subject to hydrolysis) is 1. The molecule has 48 heavy (non-hydrogen) atoms. The fourth-order valence-corrected chi connectivity index (χ4v) is 5.10. The van der Waals surface area contributed by atoms with Crippen molar-refractivity contribution >= 4 is 35.6 Å². The summed E-state index contributed by atoms with van der Waals surface area (Å²) < 4.78 is 5.54. The maximum atomic E-state index is 12.7. The van der Waals surface area contributed by atoms with Gasteiger partial charge in [-0.15, -0.1) is 0 Å². The molecular formula is C35H44N6O7. The highest BCUT2D eigenvalue weighted by molar-refractivity contribution is 5.96. The predicted octanol–water partition coefficient (Wildman–Crippen LogP) is 3.66. The molecule has 1 aliphatic rings. The van der Waals surface area contributed by atoms with E-state index in [-0.39, 0.29) is 43.0 Å². The molecule has 3 aromatic rings. The summed E-state index contributed by atoms with van der Waals surface area (Å²) in [6.07, 6.45) is 0.399. The summed E-state index contributed by atoms with van der Waals surface area (Å²) in [7, 11) is 0. The second-order valence-electron chi connectivity index (χ2n) is 11.4. The number of carbonyl (C=O) groups is 5. The van der Waals surface area contributed by atoms with Gasteiger partial charge in [-0.2, -0.15) is 0 Å². The summed E-state index contributed by atoms with van der Waals surface area (Å²) in [6, 6.07) is 20.9. The topological polar surface area (TPSA) is 201 Å². The van der Waals surface area contributed by atoms with Crippen molar-refractivity contribution < 1.29 is 33.8 Å². The number of carboxylic acid groups (broad SMARTS) is 1. The van der Waals surface area contributed by atoms with Crippen molar-refractivity contribution in [1.82, 2.24) is 21.3 Å². The van der Waals surface area contributed by atoms with Gasteiger partial charge >= 0.3 is 18.1 Å². The van der Waals surface area contributed by atoms with Crippen LogP contribution in [0.1, 0.15) is 54.6 Å². The molecule has 4 rings (SSSR count). The second-order valence-corrected chi connectivity index (χ2v) is 11.4. The zero-order valence-electron chi connectivity index (χ0n) is 27.4. The first-order valence-corrected chi connectivity index (χ1v) is 15.8. The van der Waals surface area contributed by atoms with Gasteiger partial charge in [-0.3, -0.25) is 9.59 Å². The lowest BCUT2D eigenvalue weighted by atomic mass is 9.98. The number of anilines is 1. The Kier molecular flexibility index (Phi) is 14.4. The Morgan fingerprint density at radius 2 is 1.42 bits per heavy atom. The number of fused-ring (bicyclic) bond motifs is 3. The Hall–Kier alpha value is -5.43. The Labute approximate surface area is 280 Å². The van der Waals surface area contributed by atoms with Crippen LogP contribution in [0.2, 0.25) is 0 Å². The highest BCUT2D eigenvalue weighted by Gasteiger charge is 2.29. The lowest BCUT2D eigenvalue weighted by molar-refractivity contribution is -0.126. The summed E-state index contributed by atoms with van der Waals surface area (Å²) >= 11 is 0. The van der Waals surface area contributed by atoms with Gasteiger partial charge in [0.2, 0.25) is 11.8 Å². The Bertz CT molecular complexity index is 1520. The molecule has 1 aliphatic carbocycles. The van der Waals surface area contributed by atoms with Crippen LogP contribution in [0.4, 0.5) is 15.3 Å². The van der Waals surface area contributed by atoms with Gasteiger partial charge in [0.05, 0.1) is 18.2 Å². The molecule has 0 heterocycles. The number of primary amides is 1. The maximum Gasteiger partial charge on any atom is 0.407 e. The molecule has 0 aromatic heterocycles. The third kappa shape index (κ3) is 11.1. The van der Waals surface area contributed by atoms with Crippen LogP contribution in [0.15, 0.2) is 72.8 Å². The standard InChI is InChI=1S/C31H34N4O6.C4H10N2O/c1-19(2)28(29(37)34-17-27(36)35-21-13-11-20(12-14-21)30(38)39)32-15-16-33-31(40)41-18-26-24-9-5-3-7-22(24)23-8-4-6-10-25(23)26;1-2-3-6-4(5)7/h3-14,19,26,28,32H,15-18H2,1-2H3,(H,33,40)(H,34,37)(H,35,36)(H,38,39);2-3H2,1H3,(H3,5,6,7). The molecule has 0 fully saturated rings. The van der Waals surface area contributed by atoms with Crippen molar-refractivity contribution in [2.24, 2.45) is 11.7 Å². The number of amides is 5. The van der Waals surface area contributed by atoms with Crippen LogP contribution in [0.25, 0.3) is 11.1 Å². The van der Waals surface area contributed by atoms with Gasteiger partial charge in [0.25, 0.3) is 0 Å². The molecule has 0 aliphatic heterocycles. The lowest BCUT2D eigenvalue weighted by Gasteiger charge is -2.22. The largest absolute Gasteiger partial charge is 0.478 e. The molecule has 8 N–H and O–H groups in total.